The molecule has 1 aliphatic heterocycles. The molecule has 1 fully saturated rings. The molecule has 1 saturated heterocycles. The van der Waals surface area contributed by atoms with Crippen LogP contribution in [0.1, 0.15) is 13.2 Å². The average molecular weight is 297 g/mol. The van der Waals surface area contributed by atoms with E-state index in [1.807, 2.05) is 6.26 Å². The van der Waals surface area contributed by atoms with Gasteiger partial charge in [0, 0.05) is 0 Å². The Kier molecular flexibility index (Phi) is 3.28. The van der Waals surface area contributed by atoms with Crippen molar-refractivity contribution in [2.24, 2.45) is 0 Å². The van der Waals surface area contributed by atoms with Gasteiger partial charge in [0.2, 0.25) is 0 Å². The first-order valence-corrected chi connectivity index (χ1v) is 7.31. The van der Waals surface area contributed by atoms with E-state index in [-0.39, 0.29) is 5.82 Å². The van der Waals surface area contributed by atoms with Gasteiger partial charge in [-0.15, -0.1) is 0 Å². The second-order valence-corrected chi connectivity index (χ2v) is 5.41. The number of thioether (sulfide) groups is 1. The molecule has 0 amide bonds. The Bertz CT molecular complexity index is 648. The minimum atomic E-state index is -1.05. The molecule has 0 radical (unpaired) electrons. The fourth-order valence-electron chi connectivity index (χ4n) is 2.25. The maximum atomic E-state index is 10.1. The molecule has 3 heterocycles. The summed E-state index contributed by atoms with van der Waals surface area (Å²) in [6.45, 7) is 1.70. The lowest BCUT2D eigenvalue weighted by atomic mass is 10.1. The number of imidazole rings is 1. The highest BCUT2D eigenvalue weighted by molar-refractivity contribution is 7.98. The lowest BCUT2D eigenvalue weighted by molar-refractivity contribution is -0.0300. The van der Waals surface area contributed by atoms with Crippen LogP contribution in [0.4, 0.5) is 5.82 Å². The van der Waals surface area contributed by atoms with Gasteiger partial charge in [0.15, 0.2) is 22.8 Å². The molecule has 20 heavy (non-hydrogen) atoms. The molecule has 0 bridgehead atoms. The van der Waals surface area contributed by atoms with Gasteiger partial charge in [0.1, 0.15) is 17.7 Å². The number of hydrogen-bond acceptors (Lipinski definition) is 8. The number of rotatable bonds is 2. The van der Waals surface area contributed by atoms with E-state index in [0.29, 0.717) is 16.3 Å². The number of aromatic nitrogens is 4. The highest BCUT2D eigenvalue weighted by atomic mass is 32.2. The van der Waals surface area contributed by atoms with Crippen molar-refractivity contribution < 1.29 is 14.9 Å². The van der Waals surface area contributed by atoms with Crippen molar-refractivity contribution >= 4 is 28.7 Å². The predicted molar refractivity (Wildman–Crippen MR) is 73.1 cm³/mol. The van der Waals surface area contributed by atoms with Crippen molar-refractivity contribution in [1.29, 1.82) is 0 Å². The number of hydrogen-bond donors (Lipinski definition) is 3. The minimum Gasteiger partial charge on any atom is -0.388 e. The first kappa shape index (κ1) is 13.6. The highest BCUT2D eigenvalue weighted by Crippen LogP contribution is 2.32. The second kappa shape index (κ2) is 4.85. The van der Waals surface area contributed by atoms with E-state index in [1.54, 1.807) is 11.5 Å². The van der Waals surface area contributed by atoms with Crippen LogP contribution in [0.5, 0.6) is 0 Å². The first-order chi connectivity index (χ1) is 9.52. The summed E-state index contributed by atoms with van der Waals surface area (Å²) in [6.07, 6.45) is 0.126. The largest absolute Gasteiger partial charge is 0.388 e. The molecule has 8 nitrogen and oxygen atoms in total. The number of nitrogen functional groups attached to an aromatic ring is 1. The van der Waals surface area contributed by atoms with Crippen molar-refractivity contribution in [3.05, 3.63) is 6.33 Å². The quantitative estimate of drug-likeness (QED) is 0.513. The highest BCUT2D eigenvalue weighted by Gasteiger charge is 2.42. The number of aliphatic hydroxyl groups is 2. The molecule has 3 rings (SSSR count). The minimum absolute atomic E-state index is 0.277. The van der Waals surface area contributed by atoms with Crippen molar-refractivity contribution in [1.82, 2.24) is 19.5 Å². The van der Waals surface area contributed by atoms with Crippen LogP contribution in [0.25, 0.3) is 11.2 Å². The van der Waals surface area contributed by atoms with Crippen LogP contribution in [0.2, 0.25) is 0 Å². The lowest BCUT2D eigenvalue weighted by Crippen LogP contribution is -2.30. The van der Waals surface area contributed by atoms with Crippen LogP contribution < -0.4 is 5.73 Å². The Hall–Kier alpha value is -1.42. The van der Waals surface area contributed by atoms with Crippen LogP contribution >= 0.6 is 11.8 Å². The Labute approximate surface area is 119 Å². The molecular weight excluding hydrogens is 282 g/mol. The predicted octanol–water partition coefficient (Wildman–Crippen LogP) is -0.230. The number of nitrogens with zero attached hydrogens (tertiary/aromatic N) is 4. The number of ether oxygens (including phenoxy) is 1. The monoisotopic (exact) mass is 297 g/mol. The van der Waals surface area contributed by atoms with Crippen LogP contribution in [0.15, 0.2) is 11.5 Å². The maximum Gasteiger partial charge on any atom is 0.191 e. The lowest BCUT2D eigenvalue weighted by Gasteiger charge is -2.16. The van der Waals surface area contributed by atoms with E-state index in [0.717, 1.165) is 0 Å². The molecule has 0 spiro atoms. The van der Waals surface area contributed by atoms with Gasteiger partial charge in [0.05, 0.1) is 12.4 Å². The smallest absolute Gasteiger partial charge is 0.191 e. The van der Waals surface area contributed by atoms with E-state index < -0.39 is 24.5 Å². The third kappa shape index (κ3) is 1.94. The molecule has 1 aliphatic rings. The fourth-order valence-corrected chi connectivity index (χ4v) is 2.62. The summed E-state index contributed by atoms with van der Waals surface area (Å²) < 4.78 is 7.14. The molecule has 4 unspecified atom stereocenters. The van der Waals surface area contributed by atoms with Gasteiger partial charge in [-0.2, -0.15) is 0 Å². The molecular formula is C11H15N5O3S. The van der Waals surface area contributed by atoms with Crippen LogP contribution in [-0.4, -0.2) is 54.3 Å². The molecule has 4 atom stereocenters. The van der Waals surface area contributed by atoms with Gasteiger partial charge in [-0.05, 0) is 13.2 Å². The summed E-state index contributed by atoms with van der Waals surface area (Å²) in [7, 11) is 0. The van der Waals surface area contributed by atoms with Gasteiger partial charge < -0.3 is 20.7 Å². The zero-order chi connectivity index (χ0) is 14.4. The van der Waals surface area contributed by atoms with E-state index in [2.05, 4.69) is 15.0 Å². The maximum absolute atomic E-state index is 10.1. The van der Waals surface area contributed by atoms with E-state index >= 15 is 0 Å². The Morgan fingerprint density at radius 1 is 1.35 bits per heavy atom. The van der Waals surface area contributed by atoms with Gasteiger partial charge in [-0.25, -0.2) is 15.0 Å². The van der Waals surface area contributed by atoms with E-state index in [1.165, 1.54) is 18.1 Å². The molecule has 4 N–H and O–H groups in total. The van der Waals surface area contributed by atoms with Gasteiger partial charge in [-0.3, -0.25) is 4.57 Å². The molecule has 0 aliphatic carbocycles. The SMILES string of the molecule is CSc1nc(N)c2ncn(C3OC(C)C(O)C3O)c2n1. The van der Waals surface area contributed by atoms with Crippen LogP contribution in [-0.2, 0) is 4.74 Å². The molecule has 0 saturated carbocycles. The topological polar surface area (TPSA) is 119 Å². The summed E-state index contributed by atoms with van der Waals surface area (Å²) in [5.41, 5.74) is 6.77. The summed E-state index contributed by atoms with van der Waals surface area (Å²) >= 11 is 1.36. The Morgan fingerprint density at radius 2 is 2.10 bits per heavy atom. The first-order valence-electron chi connectivity index (χ1n) is 6.08. The molecule has 2 aromatic rings. The number of nitrogens with two attached hydrogens (primary N) is 1. The third-order valence-electron chi connectivity index (χ3n) is 3.36. The Morgan fingerprint density at radius 3 is 2.70 bits per heavy atom. The van der Waals surface area contributed by atoms with Crippen molar-refractivity contribution in [3.8, 4) is 0 Å². The average Bonchev–Trinajstić information content (AvgIpc) is 2.96. The molecule has 0 aromatic carbocycles. The number of fused-ring (bicyclic) bond motifs is 1. The van der Waals surface area contributed by atoms with Crippen molar-refractivity contribution in [2.45, 2.75) is 36.6 Å². The molecule has 108 valence electrons. The van der Waals surface area contributed by atoms with Crippen LogP contribution in [0.3, 0.4) is 0 Å². The van der Waals surface area contributed by atoms with E-state index in [4.69, 9.17) is 10.5 Å². The second-order valence-electron chi connectivity index (χ2n) is 4.63. The number of anilines is 1. The third-order valence-corrected chi connectivity index (χ3v) is 3.91. The van der Waals surface area contributed by atoms with Crippen molar-refractivity contribution in [2.75, 3.05) is 12.0 Å². The zero-order valence-electron chi connectivity index (χ0n) is 11.0. The van der Waals surface area contributed by atoms with Gasteiger partial charge in [-0.1, -0.05) is 11.8 Å². The summed E-state index contributed by atoms with van der Waals surface area (Å²) in [4.78, 5) is 12.6. The Balaban J connectivity index is 2.11. The summed E-state index contributed by atoms with van der Waals surface area (Å²) in [5, 5.41) is 20.4. The summed E-state index contributed by atoms with van der Waals surface area (Å²) in [5.74, 6) is 0.277. The van der Waals surface area contributed by atoms with Gasteiger partial charge in [0.25, 0.3) is 0 Å². The normalized spacial score (nSPS) is 30.2. The van der Waals surface area contributed by atoms with Gasteiger partial charge >= 0.3 is 0 Å². The molecule has 2 aromatic heterocycles. The summed E-state index contributed by atoms with van der Waals surface area (Å²) in [6, 6.07) is 0. The molecule has 9 heteroatoms. The standard InChI is InChI=1S/C11H15N5O3S/c1-4-6(17)7(18)10(19-4)16-3-13-5-8(12)14-11(20-2)15-9(5)16/h3-4,6-7,10,17-18H,1-2H3,(H2,12,14,15). The van der Waals surface area contributed by atoms with Crippen molar-refractivity contribution in [3.63, 3.8) is 0 Å². The van der Waals surface area contributed by atoms with Crippen LogP contribution in [0, 0.1) is 0 Å². The number of aliphatic hydroxyl groups excluding tert-OH is 2. The fraction of sp³-hybridized carbons (Fsp3) is 0.545. The van der Waals surface area contributed by atoms with E-state index in [9.17, 15) is 10.2 Å². The zero-order valence-corrected chi connectivity index (χ0v) is 11.8.